The lowest BCUT2D eigenvalue weighted by Crippen LogP contribution is -2.18. The maximum atomic E-state index is 5.99. The smallest absolute Gasteiger partial charge is 0.0672 e. The van der Waals surface area contributed by atoms with E-state index in [1.807, 2.05) is 12.1 Å². The highest BCUT2D eigenvalue weighted by Crippen LogP contribution is 2.25. The molecule has 0 saturated heterocycles. The summed E-state index contributed by atoms with van der Waals surface area (Å²) in [6.07, 6.45) is 2.71. The Morgan fingerprint density at radius 2 is 2.35 bits per heavy atom. The fourth-order valence-corrected chi connectivity index (χ4v) is 1.77. The fraction of sp³-hybridized carbons (Fsp3) is 0.417. The summed E-state index contributed by atoms with van der Waals surface area (Å²) in [5, 5.41) is 11.3. The number of nitrogen functional groups attached to an aromatic ring is 1. The van der Waals surface area contributed by atoms with Crippen LogP contribution in [0.2, 0.25) is 0 Å². The maximum Gasteiger partial charge on any atom is 0.0672 e. The highest BCUT2D eigenvalue weighted by atomic mass is 16.5. The maximum absolute atomic E-state index is 5.99. The number of nitrogens with two attached hydrogens (primary N) is 1. The Balaban J connectivity index is 2.14. The summed E-state index contributed by atoms with van der Waals surface area (Å²) in [5.41, 5.74) is 8.65. The largest absolute Gasteiger partial charge is 0.397 e. The van der Waals surface area contributed by atoms with Crippen molar-refractivity contribution in [3.8, 4) is 0 Å². The van der Waals surface area contributed by atoms with Gasteiger partial charge < -0.3 is 15.8 Å². The Labute approximate surface area is 100 Å². The van der Waals surface area contributed by atoms with E-state index in [0.717, 1.165) is 35.3 Å². The zero-order chi connectivity index (χ0) is 12.3. The number of anilines is 2. The van der Waals surface area contributed by atoms with E-state index in [0.29, 0.717) is 6.04 Å². The molecule has 0 saturated carbocycles. The number of benzene rings is 1. The molecule has 0 aliphatic rings. The highest BCUT2D eigenvalue weighted by Gasteiger charge is 2.07. The highest BCUT2D eigenvalue weighted by molar-refractivity contribution is 5.88. The van der Waals surface area contributed by atoms with Gasteiger partial charge in [-0.05, 0) is 25.5 Å². The SMILES string of the molecule is COCCC(C)Nc1cc2[nH]ncc2cc1N. The quantitative estimate of drug-likeness (QED) is 0.691. The Morgan fingerprint density at radius 1 is 1.53 bits per heavy atom. The first-order valence-electron chi connectivity index (χ1n) is 5.69. The number of ether oxygens (including phenoxy) is 1. The number of hydrogen-bond donors (Lipinski definition) is 3. The standard InChI is InChI=1S/C12H18N4O/c1-8(3-4-17-2)15-12-6-11-9(5-10(12)13)7-14-16-11/h5-8,15H,3-4,13H2,1-2H3,(H,14,16). The topological polar surface area (TPSA) is 76.0 Å². The molecule has 0 fully saturated rings. The molecule has 1 aromatic heterocycles. The lowest BCUT2D eigenvalue weighted by molar-refractivity contribution is 0.191. The van der Waals surface area contributed by atoms with Gasteiger partial charge in [0.15, 0.2) is 0 Å². The molecule has 17 heavy (non-hydrogen) atoms. The van der Waals surface area contributed by atoms with Crippen molar-refractivity contribution in [3.63, 3.8) is 0 Å². The van der Waals surface area contributed by atoms with Crippen LogP contribution in [0.15, 0.2) is 18.3 Å². The third kappa shape index (κ3) is 2.68. The second kappa shape index (κ2) is 5.05. The van der Waals surface area contributed by atoms with Gasteiger partial charge in [-0.3, -0.25) is 5.10 Å². The third-order valence-corrected chi connectivity index (χ3v) is 2.77. The van der Waals surface area contributed by atoms with Crippen molar-refractivity contribution < 1.29 is 4.74 Å². The van der Waals surface area contributed by atoms with Crippen LogP contribution >= 0.6 is 0 Å². The molecule has 2 aromatic rings. The predicted octanol–water partition coefficient (Wildman–Crippen LogP) is 1.98. The van der Waals surface area contributed by atoms with Gasteiger partial charge in [0.1, 0.15) is 0 Å². The second-order valence-electron chi connectivity index (χ2n) is 4.22. The molecular weight excluding hydrogens is 216 g/mol. The van der Waals surface area contributed by atoms with Crippen LogP contribution in [0.5, 0.6) is 0 Å². The molecule has 0 aliphatic carbocycles. The molecular formula is C12H18N4O. The van der Waals surface area contributed by atoms with E-state index in [2.05, 4.69) is 22.4 Å². The van der Waals surface area contributed by atoms with Crippen LogP contribution < -0.4 is 11.1 Å². The van der Waals surface area contributed by atoms with Gasteiger partial charge in [-0.25, -0.2) is 0 Å². The number of fused-ring (bicyclic) bond motifs is 1. The summed E-state index contributed by atoms with van der Waals surface area (Å²) in [6.45, 7) is 2.84. The molecule has 1 heterocycles. The van der Waals surface area contributed by atoms with Crippen molar-refractivity contribution in [1.82, 2.24) is 10.2 Å². The van der Waals surface area contributed by atoms with Gasteiger partial charge >= 0.3 is 0 Å². The average Bonchev–Trinajstić information content (AvgIpc) is 2.74. The van der Waals surface area contributed by atoms with Gasteiger partial charge in [-0.2, -0.15) is 5.10 Å². The van der Waals surface area contributed by atoms with Crippen molar-refractivity contribution in [2.24, 2.45) is 0 Å². The van der Waals surface area contributed by atoms with Crippen molar-refractivity contribution in [2.75, 3.05) is 24.8 Å². The lowest BCUT2D eigenvalue weighted by atomic mass is 10.1. The first-order valence-corrected chi connectivity index (χ1v) is 5.69. The van der Waals surface area contributed by atoms with Gasteiger partial charge in [0.25, 0.3) is 0 Å². The zero-order valence-electron chi connectivity index (χ0n) is 10.2. The first kappa shape index (κ1) is 11.7. The molecule has 0 amide bonds. The van der Waals surface area contributed by atoms with E-state index < -0.39 is 0 Å². The molecule has 1 unspecified atom stereocenters. The Bertz CT molecular complexity index is 494. The molecule has 1 atom stereocenters. The molecule has 1 aromatic carbocycles. The van der Waals surface area contributed by atoms with Crippen molar-refractivity contribution >= 4 is 22.3 Å². The molecule has 5 heteroatoms. The number of nitrogens with zero attached hydrogens (tertiary/aromatic N) is 1. The molecule has 0 bridgehead atoms. The normalized spacial score (nSPS) is 12.8. The van der Waals surface area contributed by atoms with Gasteiger partial charge in [0.05, 0.1) is 23.1 Å². The van der Waals surface area contributed by atoms with E-state index in [9.17, 15) is 0 Å². The summed E-state index contributed by atoms with van der Waals surface area (Å²) in [5.74, 6) is 0. The van der Waals surface area contributed by atoms with Crippen LogP contribution in [0.25, 0.3) is 10.9 Å². The Kier molecular flexibility index (Phi) is 3.49. The number of H-pyrrole nitrogens is 1. The van der Waals surface area contributed by atoms with E-state index in [4.69, 9.17) is 10.5 Å². The predicted molar refractivity (Wildman–Crippen MR) is 70.1 cm³/mol. The van der Waals surface area contributed by atoms with Crippen LogP contribution in [0.3, 0.4) is 0 Å². The Morgan fingerprint density at radius 3 is 3.12 bits per heavy atom. The van der Waals surface area contributed by atoms with Gasteiger partial charge in [0, 0.05) is 25.1 Å². The van der Waals surface area contributed by atoms with Crippen LogP contribution in [0.1, 0.15) is 13.3 Å². The minimum absolute atomic E-state index is 0.317. The number of hydrogen-bond acceptors (Lipinski definition) is 4. The van der Waals surface area contributed by atoms with Gasteiger partial charge in [-0.1, -0.05) is 0 Å². The number of methoxy groups -OCH3 is 1. The minimum Gasteiger partial charge on any atom is -0.397 e. The van der Waals surface area contributed by atoms with Gasteiger partial charge in [0.2, 0.25) is 0 Å². The lowest BCUT2D eigenvalue weighted by Gasteiger charge is -2.16. The molecule has 92 valence electrons. The number of nitrogens with one attached hydrogen (secondary N) is 2. The van der Waals surface area contributed by atoms with Crippen LogP contribution in [0, 0.1) is 0 Å². The van der Waals surface area contributed by atoms with E-state index in [1.54, 1.807) is 13.3 Å². The summed E-state index contributed by atoms with van der Waals surface area (Å²) in [4.78, 5) is 0. The van der Waals surface area contributed by atoms with E-state index >= 15 is 0 Å². The van der Waals surface area contributed by atoms with Crippen molar-refractivity contribution in [1.29, 1.82) is 0 Å². The molecule has 0 spiro atoms. The molecule has 0 radical (unpaired) electrons. The first-order chi connectivity index (χ1) is 8.20. The van der Waals surface area contributed by atoms with E-state index in [1.165, 1.54) is 0 Å². The Hall–Kier alpha value is -1.75. The number of aromatic nitrogens is 2. The number of rotatable bonds is 5. The van der Waals surface area contributed by atoms with Crippen molar-refractivity contribution in [2.45, 2.75) is 19.4 Å². The average molecular weight is 234 g/mol. The van der Waals surface area contributed by atoms with Crippen molar-refractivity contribution in [3.05, 3.63) is 18.3 Å². The van der Waals surface area contributed by atoms with Gasteiger partial charge in [-0.15, -0.1) is 0 Å². The summed E-state index contributed by atoms with van der Waals surface area (Å²) >= 11 is 0. The monoisotopic (exact) mass is 234 g/mol. The summed E-state index contributed by atoms with van der Waals surface area (Å²) in [6, 6.07) is 4.23. The zero-order valence-corrected chi connectivity index (χ0v) is 10.2. The second-order valence-corrected chi connectivity index (χ2v) is 4.22. The van der Waals surface area contributed by atoms with E-state index in [-0.39, 0.29) is 0 Å². The van der Waals surface area contributed by atoms with Crippen LogP contribution in [-0.2, 0) is 4.74 Å². The fourth-order valence-electron chi connectivity index (χ4n) is 1.77. The minimum atomic E-state index is 0.317. The third-order valence-electron chi connectivity index (χ3n) is 2.77. The number of aromatic amines is 1. The molecule has 4 N–H and O–H groups in total. The molecule has 0 aliphatic heterocycles. The summed E-state index contributed by atoms with van der Waals surface area (Å²) < 4.78 is 5.05. The molecule has 2 rings (SSSR count). The van der Waals surface area contributed by atoms with Crippen LogP contribution in [0.4, 0.5) is 11.4 Å². The van der Waals surface area contributed by atoms with Crippen LogP contribution in [-0.4, -0.2) is 30.0 Å². The molecule has 5 nitrogen and oxygen atoms in total. The summed E-state index contributed by atoms with van der Waals surface area (Å²) in [7, 11) is 1.71.